The average Bonchev–Trinajstić information content (AvgIpc) is 2.42. The third-order valence-corrected chi connectivity index (χ3v) is 3.60. The number of aryl methyl sites for hydroxylation is 1. The van der Waals surface area contributed by atoms with Crippen LogP contribution in [-0.2, 0) is 0 Å². The normalized spacial score (nSPS) is 14.1. The minimum Gasteiger partial charge on any atom is -0.304 e. The quantitative estimate of drug-likeness (QED) is 0.854. The molecule has 0 aliphatic rings. The Bertz CT molecular complexity index is 595. The van der Waals surface area contributed by atoms with E-state index in [1.165, 1.54) is 11.6 Å². The number of halogens is 2. The second kappa shape index (κ2) is 6.14. The first-order chi connectivity index (χ1) is 9.50. The molecule has 0 aliphatic heterocycles. The fraction of sp³-hybridized carbons (Fsp3) is 0.294. The summed E-state index contributed by atoms with van der Waals surface area (Å²) >= 11 is 0. The zero-order chi connectivity index (χ0) is 14.7. The lowest BCUT2D eigenvalue weighted by Gasteiger charge is -2.22. The Morgan fingerprint density at radius 3 is 2.15 bits per heavy atom. The fourth-order valence-corrected chi connectivity index (χ4v) is 2.48. The number of hydrogen-bond acceptors (Lipinski definition) is 1. The van der Waals surface area contributed by atoms with E-state index >= 15 is 0 Å². The first-order valence-corrected chi connectivity index (χ1v) is 6.76. The Kier molecular flexibility index (Phi) is 4.50. The second-order valence-corrected chi connectivity index (χ2v) is 5.11. The lowest BCUT2D eigenvalue weighted by atomic mass is 10.0. The lowest BCUT2D eigenvalue weighted by molar-refractivity contribution is 0.448. The van der Waals surface area contributed by atoms with Gasteiger partial charge in [-0.1, -0.05) is 36.4 Å². The highest BCUT2D eigenvalue weighted by Gasteiger charge is 2.17. The number of rotatable bonds is 4. The minimum absolute atomic E-state index is 0.0638. The molecule has 0 amide bonds. The van der Waals surface area contributed by atoms with Crippen LogP contribution < -0.4 is 5.32 Å². The molecule has 1 unspecified atom stereocenters. The van der Waals surface area contributed by atoms with Gasteiger partial charge in [0.05, 0.1) is 0 Å². The highest BCUT2D eigenvalue weighted by atomic mass is 19.2. The van der Waals surface area contributed by atoms with Crippen LogP contribution in [0.4, 0.5) is 8.78 Å². The maximum atomic E-state index is 13.8. The van der Waals surface area contributed by atoms with Crippen molar-refractivity contribution in [2.24, 2.45) is 0 Å². The summed E-state index contributed by atoms with van der Waals surface area (Å²) in [6.07, 6.45) is 0. The SMILES string of the molecule is Cc1ccccc1[C@@H](C)NC(C)c1cccc(F)c1F. The van der Waals surface area contributed by atoms with Crippen LogP contribution in [0.2, 0.25) is 0 Å². The molecule has 2 atom stereocenters. The standard InChI is InChI=1S/C17H19F2N/c1-11-7-4-5-8-14(11)12(2)20-13(3)15-9-6-10-16(18)17(15)19/h4-10,12-13,20H,1-3H3/t12-,13?/m1/s1. The van der Waals surface area contributed by atoms with Crippen LogP contribution in [0.1, 0.15) is 42.6 Å². The van der Waals surface area contributed by atoms with Gasteiger partial charge < -0.3 is 5.32 Å². The largest absolute Gasteiger partial charge is 0.304 e. The molecule has 1 N–H and O–H groups in total. The molecule has 0 radical (unpaired) electrons. The van der Waals surface area contributed by atoms with Gasteiger partial charge in [-0.15, -0.1) is 0 Å². The summed E-state index contributed by atoms with van der Waals surface area (Å²) in [5.41, 5.74) is 2.70. The van der Waals surface area contributed by atoms with Gasteiger partial charge in [-0.3, -0.25) is 0 Å². The molecule has 0 aromatic heterocycles. The van der Waals surface area contributed by atoms with Crippen LogP contribution in [0.3, 0.4) is 0 Å². The first kappa shape index (κ1) is 14.7. The van der Waals surface area contributed by atoms with Gasteiger partial charge in [0.1, 0.15) is 0 Å². The lowest BCUT2D eigenvalue weighted by Crippen LogP contribution is -2.24. The van der Waals surface area contributed by atoms with E-state index in [0.717, 1.165) is 11.6 Å². The number of benzene rings is 2. The van der Waals surface area contributed by atoms with Gasteiger partial charge in [-0.2, -0.15) is 0 Å². The minimum atomic E-state index is -0.806. The van der Waals surface area contributed by atoms with Gasteiger partial charge in [-0.25, -0.2) is 8.78 Å². The van der Waals surface area contributed by atoms with Gasteiger partial charge in [-0.05, 0) is 38.0 Å². The summed E-state index contributed by atoms with van der Waals surface area (Å²) < 4.78 is 27.0. The molecule has 3 heteroatoms. The van der Waals surface area contributed by atoms with E-state index in [2.05, 4.69) is 5.32 Å². The predicted octanol–water partition coefficient (Wildman–Crippen LogP) is 4.69. The average molecular weight is 275 g/mol. The van der Waals surface area contributed by atoms with Gasteiger partial charge in [0.15, 0.2) is 11.6 Å². The maximum absolute atomic E-state index is 13.8. The molecule has 0 heterocycles. The third kappa shape index (κ3) is 3.05. The van der Waals surface area contributed by atoms with Crippen molar-refractivity contribution in [3.8, 4) is 0 Å². The molecule has 0 aliphatic carbocycles. The molecule has 2 aromatic carbocycles. The molecule has 0 saturated heterocycles. The molecular formula is C17H19F2N. The van der Waals surface area contributed by atoms with Crippen LogP contribution in [0, 0.1) is 18.6 Å². The van der Waals surface area contributed by atoms with Crippen molar-refractivity contribution in [2.45, 2.75) is 32.9 Å². The van der Waals surface area contributed by atoms with Gasteiger partial charge >= 0.3 is 0 Å². The molecule has 1 nitrogen and oxygen atoms in total. The Morgan fingerprint density at radius 1 is 0.850 bits per heavy atom. The van der Waals surface area contributed by atoms with Crippen LogP contribution >= 0.6 is 0 Å². The van der Waals surface area contributed by atoms with Crippen molar-refractivity contribution < 1.29 is 8.78 Å². The number of nitrogens with one attached hydrogen (secondary N) is 1. The van der Waals surface area contributed by atoms with E-state index in [9.17, 15) is 8.78 Å². The summed E-state index contributed by atoms with van der Waals surface area (Å²) in [5.74, 6) is -1.58. The molecule has 0 fully saturated rings. The number of hydrogen-bond donors (Lipinski definition) is 1. The van der Waals surface area contributed by atoms with Crippen LogP contribution in [0.25, 0.3) is 0 Å². The summed E-state index contributed by atoms with van der Waals surface area (Å²) in [7, 11) is 0. The van der Waals surface area contributed by atoms with E-state index in [0.29, 0.717) is 5.56 Å². The van der Waals surface area contributed by atoms with Gasteiger partial charge in [0.2, 0.25) is 0 Å². The Hall–Kier alpha value is -1.74. The monoisotopic (exact) mass is 275 g/mol. The van der Waals surface area contributed by atoms with Crippen molar-refractivity contribution in [1.82, 2.24) is 5.32 Å². The van der Waals surface area contributed by atoms with Crippen molar-refractivity contribution >= 4 is 0 Å². The Balaban J connectivity index is 2.17. The van der Waals surface area contributed by atoms with Crippen molar-refractivity contribution in [3.05, 3.63) is 70.8 Å². The Labute approximate surface area is 118 Å². The summed E-state index contributed by atoms with van der Waals surface area (Å²) in [4.78, 5) is 0. The zero-order valence-corrected chi connectivity index (χ0v) is 12.0. The van der Waals surface area contributed by atoms with E-state index in [-0.39, 0.29) is 12.1 Å². The molecule has 20 heavy (non-hydrogen) atoms. The first-order valence-electron chi connectivity index (χ1n) is 6.76. The highest BCUT2D eigenvalue weighted by molar-refractivity contribution is 5.29. The molecule has 0 bridgehead atoms. The molecule has 0 saturated carbocycles. The molecule has 2 aromatic rings. The van der Waals surface area contributed by atoms with E-state index in [1.807, 2.05) is 45.0 Å². The summed E-state index contributed by atoms with van der Waals surface area (Å²) in [5, 5.41) is 3.31. The third-order valence-electron chi connectivity index (χ3n) is 3.60. The van der Waals surface area contributed by atoms with Crippen LogP contribution in [-0.4, -0.2) is 0 Å². The van der Waals surface area contributed by atoms with Gasteiger partial charge in [0, 0.05) is 17.6 Å². The Morgan fingerprint density at radius 2 is 1.45 bits per heavy atom. The summed E-state index contributed by atoms with van der Waals surface area (Å²) in [6, 6.07) is 12.1. The predicted molar refractivity (Wildman–Crippen MR) is 77.5 cm³/mol. The smallest absolute Gasteiger partial charge is 0.163 e. The summed E-state index contributed by atoms with van der Waals surface area (Å²) in [6.45, 7) is 5.91. The second-order valence-electron chi connectivity index (χ2n) is 5.11. The zero-order valence-electron chi connectivity index (χ0n) is 12.0. The van der Waals surface area contributed by atoms with Crippen LogP contribution in [0.15, 0.2) is 42.5 Å². The van der Waals surface area contributed by atoms with E-state index in [1.54, 1.807) is 6.07 Å². The highest BCUT2D eigenvalue weighted by Crippen LogP contribution is 2.24. The molecule has 2 rings (SSSR count). The topological polar surface area (TPSA) is 12.0 Å². The van der Waals surface area contributed by atoms with E-state index < -0.39 is 11.6 Å². The van der Waals surface area contributed by atoms with Crippen molar-refractivity contribution in [1.29, 1.82) is 0 Å². The van der Waals surface area contributed by atoms with Crippen molar-refractivity contribution in [3.63, 3.8) is 0 Å². The molecular weight excluding hydrogens is 256 g/mol. The molecule has 0 spiro atoms. The van der Waals surface area contributed by atoms with Crippen molar-refractivity contribution in [2.75, 3.05) is 0 Å². The van der Waals surface area contributed by atoms with Gasteiger partial charge in [0.25, 0.3) is 0 Å². The van der Waals surface area contributed by atoms with Crippen LogP contribution in [0.5, 0.6) is 0 Å². The fourth-order valence-electron chi connectivity index (χ4n) is 2.48. The molecule has 106 valence electrons. The maximum Gasteiger partial charge on any atom is 0.163 e. The van der Waals surface area contributed by atoms with E-state index in [4.69, 9.17) is 0 Å².